The SMILES string of the molecule is CCC(C)C(NC(=O)[C@@H](N)C(C)C)C(=O)NC[C@H](O)CC(C1CCCCC1)[PH](=O)O. The molecule has 1 aliphatic carbocycles. The lowest BCUT2D eigenvalue weighted by Gasteiger charge is -2.30. The van der Waals surface area contributed by atoms with Gasteiger partial charge in [0.25, 0.3) is 0 Å². The van der Waals surface area contributed by atoms with Crippen LogP contribution in [-0.2, 0) is 14.2 Å². The summed E-state index contributed by atoms with van der Waals surface area (Å²) < 4.78 is 11.9. The van der Waals surface area contributed by atoms with Crippen LogP contribution < -0.4 is 16.4 Å². The Bertz CT molecular complexity index is 569. The van der Waals surface area contributed by atoms with E-state index in [0.717, 1.165) is 32.1 Å². The highest BCUT2D eigenvalue weighted by Crippen LogP contribution is 2.40. The van der Waals surface area contributed by atoms with Crippen molar-refractivity contribution in [3.8, 4) is 0 Å². The molecule has 176 valence electrons. The molecular formula is C21H42N3O5P. The average Bonchev–Trinajstić information content (AvgIpc) is 2.72. The maximum Gasteiger partial charge on any atom is 0.242 e. The monoisotopic (exact) mass is 447 g/mol. The molecule has 0 saturated heterocycles. The van der Waals surface area contributed by atoms with E-state index < -0.39 is 31.9 Å². The molecule has 4 unspecified atom stereocenters. The normalized spacial score (nSPS) is 21.3. The summed E-state index contributed by atoms with van der Waals surface area (Å²) in [5, 5.41) is 15.9. The van der Waals surface area contributed by atoms with Crippen LogP contribution in [0.1, 0.15) is 72.6 Å². The lowest BCUT2D eigenvalue weighted by molar-refractivity contribution is -0.131. The van der Waals surface area contributed by atoms with Gasteiger partial charge >= 0.3 is 0 Å². The van der Waals surface area contributed by atoms with Gasteiger partial charge in [0.05, 0.1) is 12.1 Å². The van der Waals surface area contributed by atoms with E-state index in [4.69, 9.17) is 5.73 Å². The molecule has 0 heterocycles. The van der Waals surface area contributed by atoms with Gasteiger partial charge in [-0.1, -0.05) is 53.4 Å². The molecule has 0 aliphatic heterocycles. The smallest absolute Gasteiger partial charge is 0.242 e. The standard InChI is InChI=1S/C21H42N3O5P/c1-5-14(4)19(24-20(26)18(22)13(2)3)21(27)23-12-16(25)11-17(30(28)29)15-9-7-6-8-10-15/h13-19,25,30H,5-12,22H2,1-4H3,(H,23,27)(H,24,26)(H,28,29)/t14?,16-,17?,18+,19?/m1/s1. The Balaban J connectivity index is 2.65. The number of aliphatic hydroxyl groups is 1. The van der Waals surface area contributed by atoms with Crippen LogP contribution in [-0.4, -0.2) is 52.2 Å². The number of nitrogens with one attached hydrogen (secondary N) is 2. The number of rotatable bonds is 12. The lowest BCUT2D eigenvalue weighted by Crippen LogP contribution is -2.55. The van der Waals surface area contributed by atoms with Gasteiger partial charge in [0.1, 0.15) is 6.04 Å². The van der Waals surface area contributed by atoms with Crippen molar-refractivity contribution in [1.29, 1.82) is 0 Å². The quantitative estimate of drug-likeness (QED) is 0.289. The van der Waals surface area contributed by atoms with Crippen LogP contribution in [0, 0.1) is 17.8 Å². The fraction of sp³-hybridized carbons (Fsp3) is 0.905. The molecular weight excluding hydrogens is 405 g/mol. The first kappa shape index (κ1) is 27.1. The van der Waals surface area contributed by atoms with Crippen molar-refractivity contribution in [3.05, 3.63) is 0 Å². The van der Waals surface area contributed by atoms with Crippen molar-refractivity contribution in [2.75, 3.05) is 6.54 Å². The molecule has 0 radical (unpaired) electrons. The number of carbonyl (C=O) groups excluding carboxylic acids is 2. The third kappa shape index (κ3) is 8.66. The summed E-state index contributed by atoms with van der Waals surface area (Å²) in [7, 11) is -2.76. The molecule has 1 fully saturated rings. The van der Waals surface area contributed by atoms with E-state index in [-0.39, 0.29) is 42.5 Å². The summed E-state index contributed by atoms with van der Waals surface area (Å²) in [6, 6.07) is -1.45. The Morgan fingerprint density at radius 3 is 2.23 bits per heavy atom. The van der Waals surface area contributed by atoms with E-state index in [1.807, 2.05) is 27.7 Å². The summed E-state index contributed by atoms with van der Waals surface area (Å²) >= 11 is 0. The molecule has 30 heavy (non-hydrogen) atoms. The summed E-state index contributed by atoms with van der Waals surface area (Å²) in [6.07, 6.45) is 5.06. The van der Waals surface area contributed by atoms with Gasteiger partial charge in [-0.25, -0.2) is 0 Å². The van der Waals surface area contributed by atoms with Gasteiger partial charge < -0.3 is 26.4 Å². The van der Waals surface area contributed by atoms with Crippen molar-refractivity contribution in [3.63, 3.8) is 0 Å². The third-order valence-corrected chi connectivity index (χ3v) is 7.73. The second kappa shape index (κ2) is 13.5. The predicted octanol–water partition coefficient (Wildman–Crippen LogP) is 1.78. The molecule has 1 rings (SSSR count). The van der Waals surface area contributed by atoms with Crippen LogP contribution in [0.5, 0.6) is 0 Å². The first-order valence-corrected chi connectivity index (χ1v) is 12.8. The minimum absolute atomic E-state index is 0.0176. The molecule has 2 amide bonds. The Kier molecular flexibility index (Phi) is 12.2. The minimum atomic E-state index is -2.76. The number of amides is 2. The Morgan fingerprint density at radius 1 is 1.13 bits per heavy atom. The molecule has 9 heteroatoms. The van der Waals surface area contributed by atoms with Crippen molar-refractivity contribution < 1.29 is 24.2 Å². The van der Waals surface area contributed by atoms with E-state index in [2.05, 4.69) is 10.6 Å². The van der Waals surface area contributed by atoms with Gasteiger partial charge in [-0.05, 0) is 37.0 Å². The molecule has 6 N–H and O–H groups in total. The number of hydrogen-bond donors (Lipinski definition) is 5. The summed E-state index contributed by atoms with van der Waals surface area (Å²) in [5.41, 5.74) is 5.47. The molecule has 1 aliphatic rings. The van der Waals surface area contributed by atoms with Gasteiger partial charge in [0.15, 0.2) is 8.03 Å². The van der Waals surface area contributed by atoms with Crippen LogP contribution >= 0.6 is 8.03 Å². The van der Waals surface area contributed by atoms with E-state index >= 15 is 0 Å². The maximum absolute atomic E-state index is 12.7. The summed E-state index contributed by atoms with van der Waals surface area (Å²) in [4.78, 5) is 34.8. The number of hydrogen-bond acceptors (Lipinski definition) is 5. The van der Waals surface area contributed by atoms with Crippen molar-refractivity contribution in [2.45, 2.75) is 96.5 Å². The number of aliphatic hydroxyl groups excluding tert-OH is 1. The van der Waals surface area contributed by atoms with Crippen LogP contribution in [0.4, 0.5) is 0 Å². The number of carbonyl (C=O) groups is 2. The minimum Gasteiger partial charge on any atom is -0.391 e. The third-order valence-electron chi connectivity index (χ3n) is 6.39. The molecule has 6 atom stereocenters. The van der Waals surface area contributed by atoms with Crippen LogP contribution in [0.3, 0.4) is 0 Å². The maximum atomic E-state index is 12.7. The van der Waals surface area contributed by atoms with E-state index in [0.29, 0.717) is 6.42 Å². The zero-order chi connectivity index (χ0) is 22.8. The fourth-order valence-corrected chi connectivity index (χ4v) is 5.20. The van der Waals surface area contributed by atoms with Crippen LogP contribution in [0.25, 0.3) is 0 Å². The largest absolute Gasteiger partial charge is 0.391 e. The first-order valence-electron chi connectivity index (χ1n) is 11.3. The van der Waals surface area contributed by atoms with Gasteiger partial charge in [0, 0.05) is 12.2 Å². The molecule has 0 spiro atoms. The van der Waals surface area contributed by atoms with Gasteiger partial charge in [-0.15, -0.1) is 0 Å². The Hall–Kier alpha value is -0.950. The first-order chi connectivity index (χ1) is 14.1. The van der Waals surface area contributed by atoms with Crippen molar-refractivity contribution >= 4 is 19.8 Å². The second-order valence-electron chi connectivity index (χ2n) is 9.12. The molecule has 8 nitrogen and oxygen atoms in total. The van der Waals surface area contributed by atoms with Crippen LogP contribution in [0.15, 0.2) is 0 Å². The fourth-order valence-electron chi connectivity index (χ4n) is 3.99. The predicted molar refractivity (Wildman–Crippen MR) is 119 cm³/mol. The van der Waals surface area contributed by atoms with Crippen molar-refractivity contribution in [2.24, 2.45) is 23.5 Å². The van der Waals surface area contributed by atoms with Gasteiger partial charge in [0.2, 0.25) is 11.8 Å². The second-order valence-corrected chi connectivity index (χ2v) is 10.5. The van der Waals surface area contributed by atoms with Gasteiger partial charge in [-0.3, -0.25) is 14.2 Å². The summed E-state index contributed by atoms with van der Waals surface area (Å²) in [6.45, 7) is 7.47. The van der Waals surface area contributed by atoms with Crippen LogP contribution in [0.2, 0.25) is 0 Å². The summed E-state index contributed by atoms with van der Waals surface area (Å²) in [5.74, 6) is -0.744. The lowest BCUT2D eigenvalue weighted by atomic mass is 9.85. The van der Waals surface area contributed by atoms with Crippen molar-refractivity contribution in [1.82, 2.24) is 10.6 Å². The molecule has 0 aromatic carbocycles. The van der Waals surface area contributed by atoms with Gasteiger partial charge in [-0.2, -0.15) is 0 Å². The van der Waals surface area contributed by atoms with E-state index in [9.17, 15) is 24.2 Å². The molecule has 0 aromatic heterocycles. The Labute approximate surface area is 181 Å². The molecule has 0 aromatic rings. The Morgan fingerprint density at radius 2 is 1.73 bits per heavy atom. The highest BCUT2D eigenvalue weighted by molar-refractivity contribution is 7.38. The number of nitrogens with two attached hydrogens (primary N) is 1. The van der Waals surface area contributed by atoms with E-state index in [1.165, 1.54) is 0 Å². The highest BCUT2D eigenvalue weighted by atomic mass is 31.1. The zero-order valence-electron chi connectivity index (χ0n) is 18.9. The topological polar surface area (TPSA) is 142 Å². The molecule has 0 bridgehead atoms. The highest BCUT2D eigenvalue weighted by Gasteiger charge is 2.31. The van der Waals surface area contributed by atoms with E-state index in [1.54, 1.807) is 0 Å². The average molecular weight is 448 g/mol. The zero-order valence-corrected chi connectivity index (χ0v) is 19.9. The molecule has 1 saturated carbocycles.